The van der Waals surface area contributed by atoms with Gasteiger partial charge < -0.3 is 19.9 Å². The third-order valence-corrected chi connectivity index (χ3v) is 2.81. The molecule has 0 amide bonds. The van der Waals surface area contributed by atoms with Gasteiger partial charge in [-0.15, -0.1) is 0 Å². The molecule has 0 spiro atoms. The van der Waals surface area contributed by atoms with Crippen molar-refractivity contribution in [2.24, 2.45) is 0 Å². The molecule has 2 N–H and O–H groups in total. The summed E-state index contributed by atoms with van der Waals surface area (Å²) in [5.74, 6) is 0.586. The summed E-state index contributed by atoms with van der Waals surface area (Å²) < 4.78 is 10.6. The number of anilines is 1. The number of rotatable bonds is 9. The van der Waals surface area contributed by atoms with E-state index < -0.39 is 6.10 Å². The lowest BCUT2D eigenvalue weighted by atomic mass is 10.2. The predicted molar refractivity (Wildman–Crippen MR) is 77.9 cm³/mol. The summed E-state index contributed by atoms with van der Waals surface area (Å²) in [6.45, 7) is 3.45. The standard InChI is InChI=1S/C15H22N2O3/c1-3-4-7-20-11-13(18)10-17-14-6-5-12(9-16)8-15(14)19-2/h5-6,8,13,17-18H,3-4,7,10-11H2,1-2H3. The molecule has 1 aromatic carbocycles. The van der Waals surface area contributed by atoms with E-state index in [1.54, 1.807) is 25.3 Å². The molecule has 0 heterocycles. The second-order valence-corrected chi connectivity index (χ2v) is 4.49. The van der Waals surface area contributed by atoms with Crippen LogP contribution in [0, 0.1) is 11.3 Å². The second-order valence-electron chi connectivity index (χ2n) is 4.49. The van der Waals surface area contributed by atoms with Gasteiger partial charge in [-0.3, -0.25) is 0 Å². The smallest absolute Gasteiger partial charge is 0.143 e. The van der Waals surface area contributed by atoms with E-state index in [9.17, 15) is 5.11 Å². The van der Waals surface area contributed by atoms with Crippen molar-refractivity contribution in [3.05, 3.63) is 23.8 Å². The van der Waals surface area contributed by atoms with Gasteiger partial charge in [-0.2, -0.15) is 5.26 Å². The number of aliphatic hydroxyl groups is 1. The highest BCUT2D eigenvalue weighted by Gasteiger charge is 2.08. The van der Waals surface area contributed by atoms with Gasteiger partial charge in [0.25, 0.3) is 0 Å². The van der Waals surface area contributed by atoms with E-state index in [2.05, 4.69) is 18.3 Å². The highest BCUT2D eigenvalue weighted by Crippen LogP contribution is 2.25. The molecule has 1 unspecified atom stereocenters. The molecule has 0 aromatic heterocycles. The van der Waals surface area contributed by atoms with Crippen LogP contribution in [0.4, 0.5) is 5.69 Å². The molecule has 110 valence electrons. The molecule has 1 rings (SSSR count). The van der Waals surface area contributed by atoms with Crippen LogP contribution in [0.25, 0.3) is 0 Å². The van der Waals surface area contributed by atoms with Crippen LogP contribution >= 0.6 is 0 Å². The van der Waals surface area contributed by atoms with Crippen molar-refractivity contribution >= 4 is 5.69 Å². The number of benzene rings is 1. The zero-order valence-corrected chi connectivity index (χ0v) is 12.1. The maximum Gasteiger partial charge on any atom is 0.143 e. The molecule has 0 radical (unpaired) electrons. The fourth-order valence-corrected chi connectivity index (χ4v) is 1.66. The van der Waals surface area contributed by atoms with E-state index in [0.29, 0.717) is 31.1 Å². The van der Waals surface area contributed by atoms with Gasteiger partial charge >= 0.3 is 0 Å². The Balaban J connectivity index is 2.43. The average Bonchev–Trinajstić information content (AvgIpc) is 2.49. The lowest BCUT2D eigenvalue weighted by Gasteiger charge is -2.15. The minimum absolute atomic E-state index is 0.311. The van der Waals surface area contributed by atoms with Gasteiger partial charge in [0.05, 0.1) is 37.1 Å². The second kappa shape index (κ2) is 9.18. The molecule has 0 aliphatic heterocycles. The summed E-state index contributed by atoms with van der Waals surface area (Å²) in [6.07, 6.45) is 1.51. The van der Waals surface area contributed by atoms with Crippen molar-refractivity contribution in [2.75, 3.05) is 32.2 Å². The maximum absolute atomic E-state index is 9.79. The molecule has 0 saturated heterocycles. The van der Waals surface area contributed by atoms with Gasteiger partial charge in [-0.1, -0.05) is 13.3 Å². The Bertz CT molecular complexity index is 443. The highest BCUT2D eigenvalue weighted by atomic mass is 16.5. The summed E-state index contributed by atoms with van der Waals surface area (Å²) in [7, 11) is 1.55. The number of hydrogen-bond donors (Lipinski definition) is 2. The zero-order valence-electron chi connectivity index (χ0n) is 12.1. The van der Waals surface area contributed by atoms with Crippen LogP contribution < -0.4 is 10.1 Å². The number of aliphatic hydroxyl groups excluding tert-OH is 1. The first kappa shape index (κ1) is 16.3. The van der Waals surface area contributed by atoms with Crippen molar-refractivity contribution in [1.29, 1.82) is 5.26 Å². The van der Waals surface area contributed by atoms with Crippen molar-refractivity contribution in [1.82, 2.24) is 0 Å². The lowest BCUT2D eigenvalue weighted by molar-refractivity contribution is 0.0421. The Morgan fingerprint density at radius 1 is 1.45 bits per heavy atom. The number of unbranched alkanes of at least 4 members (excludes halogenated alkanes) is 1. The third kappa shape index (κ3) is 5.47. The van der Waals surface area contributed by atoms with E-state index in [4.69, 9.17) is 14.7 Å². The normalized spacial score (nSPS) is 11.7. The molecule has 5 heteroatoms. The first-order chi connectivity index (χ1) is 9.71. The van der Waals surface area contributed by atoms with Crippen LogP contribution in [0.5, 0.6) is 5.75 Å². The fraction of sp³-hybridized carbons (Fsp3) is 0.533. The summed E-state index contributed by atoms with van der Waals surface area (Å²) in [6, 6.07) is 7.18. The first-order valence-electron chi connectivity index (χ1n) is 6.79. The molecule has 0 aliphatic carbocycles. The summed E-state index contributed by atoms with van der Waals surface area (Å²) in [5, 5.41) is 21.7. The van der Waals surface area contributed by atoms with E-state index in [0.717, 1.165) is 18.5 Å². The fourth-order valence-electron chi connectivity index (χ4n) is 1.66. The van der Waals surface area contributed by atoms with E-state index in [1.165, 1.54) is 0 Å². The van der Waals surface area contributed by atoms with Crippen LogP contribution in [0.3, 0.4) is 0 Å². The summed E-state index contributed by atoms with van der Waals surface area (Å²) in [4.78, 5) is 0. The van der Waals surface area contributed by atoms with E-state index in [1.807, 2.05) is 0 Å². The zero-order chi connectivity index (χ0) is 14.8. The molecule has 20 heavy (non-hydrogen) atoms. The minimum Gasteiger partial charge on any atom is -0.495 e. The molecule has 1 atom stereocenters. The minimum atomic E-state index is -0.577. The quantitative estimate of drug-likeness (QED) is 0.677. The van der Waals surface area contributed by atoms with Gasteiger partial charge in [0.1, 0.15) is 5.75 Å². The van der Waals surface area contributed by atoms with E-state index in [-0.39, 0.29) is 0 Å². The van der Waals surface area contributed by atoms with Crippen molar-refractivity contribution in [3.8, 4) is 11.8 Å². The van der Waals surface area contributed by atoms with Gasteiger partial charge in [-0.25, -0.2) is 0 Å². The molecule has 0 bridgehead atoms. The number of hydrogen-bond acceptors (Lipinski definition) is 5. The highest BCUT2D eigenvalue weighted by molar-refractivity contribution is 5.59. The Morgan fingerprint density at radius 2 is 2.25 bits per heavy atom. The van der Waals surface area contributed by atoms with Gasteiger partial charge in [0, 0.05) is 19.2 Å². The molecule has 0 aliphatic rings. The van der Waals surface area contributed by atoms with Crippen LogP contribution in [-0.2, 0) is 4.74 Å². The number of nitriles is 1. The summed E-state index contributed by atoms with van der Waals surface area (Å²) in [5.41, 5.74) is 1.29. The molecule has 0 saturated carbocycles. The number of ether oxygens (including phenoxy) is 2. The van der Waals surface area contributed by atoms with Crippen LogP contribution in [-0.4, -0.2) is 38.1 Å². The van der Waals surface area contributed by atoms with Crippen molar-refractivity contribution in [2.45, 2.75) is 25.9 Å². The van der Waals surface area contributed by atoms with E-state index >= 15 is 0 Å². The molecule has 5 nitrogen and oxygen atoms in total. The van der Waals surface area contributed by atoms with Crippen molar-refractivity contribution < 1.29 is 14.6 Å². The van der Waals surface area contributed by atoms with Gasteiger partial charge in [0.15, 0.2) is 0 Å². The third-order valence-electron chi connectivity index (χ3n) is 2.81. The summed E-state index contributed by atoms with van der Waals surface area (Å²) >= 11 is 0. The lowest BCUT2D eigenvalue weighted by Crippen LogP contribution is -2.25. The molecular weight excluding hydrogens is 256 g/mol. The van der Waals surface area contributed by atoms with Crippen LogP contribution in [0.2, 0.25) is 0 Å². The van der Waals surface area contributed by atoms with Gasteiger partial charge in [-0.05, 0) is 18.6 Å². The predicted octanol–water partition coefficient (Wildman–Crippen LogP) is 2.16. The Labute approximate surface area is 120 Å². The Morgan fingerprint density at radius 3 is 2.90 bits per heavy atom. The Kier molecular flexibility index (Phi) is 7.48. The first-order valence-corrected chi connectivity index (χ1v) is 6.79. The van der Waals surface area contributed by atoms with Crippen LogP contribution in [0.15, 0.2) is 18.2 Å². The van der Waals surface area contributed by atoms with Crippen molar-refractivity contribution in [3.63, 3.8) is 0 Å². The molecule has 1 aromatic rings. The molecule has 0 fully saturated rings. The largest absolute Gasteiger partial charge is 0.495 e. The number of nitrogens with zero attached hydrogens (tertiary/aromatic N) is 1. The maximum atomic E-state index is 9.79. The topological polar surface area (TPSA) is 74.5 Å². The average molecular weight is 278 g/mol. The number of nitrogens with one attached hydrogen (secondary N) is 1. The number of methoxy groups -OCH3 is 1. The molecular formula is C15H22N2O3. The Hall–Kier alpha value is -1.77. The monoisotopic (exact) mass is 278 g/mol. The SMILES string of the molecule is CCCCOCC(O)CNc1ccc(C#N)cc1OC. The van der Waals surface area contributed by atoms with Gasteiger partial charge in [0.2, 0.25) is 0 Å². The van der Waals surface area contributed by atoms with Crippen LogP contribution in [0.1, 0.15) is 25.3 Å².